The molecule has 0 bridgehead atoms. The van der Waals surface area contributed by atoms with Crippen molar-refractivity contribution in [1.29, 1.82) is 0 Å². The third-order valence-corrected chi connectivity index (χ3v) is 19.0. The van der Waals surface area contributed by atoms with Crippen molar-refractivity contribution < 1.29 is 113 Å². The number of nitrogens with one attached hydrogen (secondary N) is 10. The summed E-state index contributed by atoms with van der Waals surface area (Å²) in [5, 5.41) is 111. The van der Waals surface area contributed by atoms with Crippen molar-refractivity contribution >= 4 is 82.8 Å². The Kier molecular flexibility index (Phi) is 38.5. The van der Waals surface area contributed by atoms with Gasteiger partial charge in [0.2, 0.25) is 76.8 Å². The number of esters is 1. The number of cyclic esters (lactones) is 1. The number of nitrogens with two attached hydrogens (primary N) is 2. The normalized spacial score (nSPS) is 28.1. The Labute approximate surface area is 628 Å². The van der Waals surface area contributed by atoms with Gasteiger partial charge in [0.1, 0.15) is 78.3 Å². The molecular formula is C71H116N14O23. The zero-order chi connectivity index (χ0) is 80.8. The molecule has 37 nitrogen and oxygen atoms in total. The minimum absolute atomic E-state index is 0.0162. The van der Waals surface area contributed by atoms with Gasteiger partial charge in [0.25, 0.3) is 0 Å². The molecule has 0 saturated carbocycles. The summed E-state index contributed by atoms with van der Waals surface area (Å²) in [6, 6.07) is -14.3. The summed E-state index contributed by atoms with van der Waals surface area (Å²) < 4.78 is 5.95. The third-order valence-electron chi connectivity index (χ3n) is 19.0. The summed E-state index contributed by atoms with van der Waals surface area (Å²) in [6.45, 7) is 8.69. The highest BCUT2D eigenvalue weighted by molar-refractivity contribution is 6.00. The molecule has 108 heavy (non-hydrogen) atoms. The van der Waals surface area contributed by atoms with E-state index in [-0.39, 0.29) is 44.4 Å². The van der Waals surface area contributed by atoms with Gasteiger partial charge in [-0.25, -0.2) is 4.79 Å². The predicted molar refractivity (Wildman–Crippen MR) is 385 cm³/mol. The van der Waals surface area contributed by atoms with E-state index >= 15 is 0 Å². The number of hydrogen-bond donors (Lipinski definition) is 20. The van der Waals surface area contributed by atoms with Crippen LogP contribution in [-0.4, -0.2) is 275 Å². The molecule has 3 heterocycles. The fraction of sp³-hybridized carbons (Fsp3) is 0.718. The van der Waals surface area contributed by atoms with Crippen LogP contribution in [0.15, 0.2) is 24.3 Å². The molecule has 1 aromatic carbocycles. The lowest BCUT2D eigenvalue weighted by atomic mass is 9.99. The van der Waals surface area contributed by atoms with Gasteiger partial charge < -0.3 is 120 Å². The Bertz CT molecular complexity index is 3200. The van der Waals surface area contributed by atoms with E-state index in [2.05, 4.69) is 60.1 Å². The second-order valence-corrected chi connectivity index (χ2v) is 28.7. The molecule has 13 amide bonds. The first kappa shape index (κ1) is 91.7. The fourth-order valence-electron chi connectivity index (χ4n) is 12.8. The number of amides is 13. The number of benzene rings is 1. The molecule has 3 saturated heterocycles. The standard InChI is InChI=1S/C71H116N14O23/c1-9-10-11-12-13-14-15-16-17-18-19-21-45-32-52(95)78-55(38(5)86)65(101)75-37(4)61(97)77-47(30-42-23-25-43(90)26-24-42)62(98)80-54(36(2)3)69(105)85-35-44(91)31-48(85)63(99)81-57(40(7)88)67(103)82-58(41(8)89)70(106)84-29-27-49(92)60(84)68(104)83-59(50(93)33-51(73)94)64(100)74-34-53(96)79-56(39(6)87)66(102)76-46(22-20-28-72)71(107)108-45/h23-26,36-41,44-50,54-60,86-93H,9-22,27-35,72H2,1-8H3,(H2,73,94)(H,74,100)(H,75,101)(H,76,102)(H,77,97)(H,78,95)(H,79,96)(H,80,98)(H,81,99)(H,82,103)(H,83,104)/t37-,38-,39-,40-,41-,44-,45-,46+,47+,48+,49+,50-,54+,55-,56-,57?,58+,59+,60+/m1/s1. The van der Waals surface area contributed by atoms with Crippen LogP contribution < -0.4 is 64.6 Å². The van der Waals surface area contributed by atoms with Crippen molar-refractivity contribution in [3.63, 3.8) is 0 Å². The van der Waals surface area contributed by atoms with Crippen LogP contribution in [0.3, 0.4) is 0 Å². The average molecular weight is 1530 g/mol. The summed E-state index contributed by atoms with van der Waals surface area (Å²) in [5.74, 6) is -17.1. The number of ether oxygens (including phenoxy) is 1. The number of fused-ring (bicyclic) bond motifs is 2. The van der Waals surface area contributed by atoms with E-state index < -0.39 is 243 Å². The second-order valence-electron chi connectivity index (χ2n) is 28.7. The SMILES string of the molecule is CCCCCCCCCCCCC[C@@H]1CC(=O)N[C@H]([C@@H](C)O)C(=O)N[C@H](C)C(=O)N[C@@H](Cc2ccc(O)cc2)C(=O)N[C@@H](C(C)C)C(=O)N2C[C@H](O)C[C@H]2C(=O)NC([C@@H](C)O)C(=O)N[C@@H]([C@@H](C)O)C(=O)N2CC[C@H](O)[C@H]2C(=O)N[C@@H]([C@H](O)CC(N)=O)C(=O)NCC(=O)N[C@H]([C@@H](C)O)C(=O)N[C@@H](CCCN)C(=O)O1. The van der Waals surface area contributed by atoms with Crippen LogP contribution in [-0.2, 0) is 78.3 Å². The maximum absolute atomic E-state index is 14.8. The highest BCUT2D eigenvalue weighted by atomic mass is 16.5. The molecule has 1 aromatic rings. The Morgan fingerprint density at radius 1 is 0.546 bits per heavy atom. The molecule has 608 valence electrons. The topological polar surface area (TPSA) is 589 Å². The summed E-state index contributed by atoms with van der Waals surface area (Å²) in [7, 11) is 0. The van der Waals surface area contributed by atoms with Crippen LogP contribution in [0.1, 0.15) is 177 Å². The van der Waals surface area contributed by atoms with Gasteiger partial charge in [-0.05, 0) is 96.9 Å². The summed E-state index contributed by atoms with van der Waals surface area (Å²) in [4.78, 5) is 199. The number of aliphatic hydroxyl groups is 7. The molecule has 1 unspecified atom stereocenters. The lowest BCUT2D eigenvalue weighted by Crippen LogP contribution is -2.64. The second kappa shape index (κ2) is 45.3. The number of phenolic OH excluding ortho intramolecular Hbond substituents is 1. The van der Waals surface area contributed by atoms with E-state index in [0.29, 0.717) is 23.3 Å². The zero-order valence-electron chi connectivity index (χ0n) is 62.9. The van der Waals surface area contributed by atoms with Crippen LogP contribution in [0.25, 0.3) is 0 Å². The van der Waals surface area contributed by atoms with Crippen LogP contribution in [0, 0.1) is 5.92 Å². The number of aliphatic hydroxyl groups excluding tert-OH is 7. The molecular weight excluding hydrogens is 1420 g/mol. The van der Waals surface area contributed by atoms with Gasteiger partial charge in [-0.15, -0.1) is 0 Å². The molecule has 0 aliphatic carbocycles. The largest absolute Gasteiger partial charge is 0.508 e. The van der Waals surface area contributed by atoms with Gasteiger partial charge in [-0.2, -0.15) is 0 Å². The average Bonchev–Trinajstić information content (AvgIpc) is 1.62. The maximum Gasteiger partial charge on any atom is 0.328 e. The molecule has 3 aliphatic heterocycles. The highest BCUT2D eigenvalue weighted by Crippen LogP contribution is 2.25. The van der Waals surface area contributed by atoms with Crippen LogP contribution >= 0.6 is 0 Å². The lowest BCUT2D eigenvalue weighted by Gasteiger charge is -2.34. The monoisotopic (exact) mass is 1530 g/mol. The number of primary amides is 1. The number of hydrogen-bond acceptors (Lipinski definition) is 24. The minimum atomic E-state index is -2.22. The number of carbonyl (C=O) groups excluding carboxylic acids is 14. The maximum atomic E-state index is 14.8. The fourth-order valence-corrected chi connectivity index (χ4v) is 12.8. The van der Waals surface area contributed by atoms with Gasteiger partial charge in [0.05, 0.1) is 62.1 Å². The number of aromatic hydroxyl groups is 1. The summed E-state index contributed by atoms with van der Waals surface area (Å²) >= 11 is 0. The lowest BCUT2D eigenvalue weighted by molar-refractivity contribution is -0.155. The molecule has 22 N–H and O–H groups in total. The number of unbranched alkanes of at least 4 members (excludes halogenated alkanes) is 10. The highest BCUT2D eigenvalue weighted by Gasteiger charge is 2.48. The van der Waals surface area contributed by atoms with Gasteiger partial charge >= 0.3 is 5.97 Å². The number of rotatable bonds is 25. The molecule has 4 rings (SSSR count). The molecule has 0 aromatic heterocycles. The van der Waals surface area contributed by atoms with Crippen molar-refractivity contribution in [3.8, 4) is 5.75 Å². The summed E-state index contributed by atoms with van der Waals surface area (Å²) in [6.07, 6.45) is -5.96. The minimum Gasteiger partial charge on any atom is -0.508 e. The van der Waals surface area contributed by atoms with E-state index in [0.717, 1.165) is 77.0 Å². The van der Waals surface area contributed by atoms with Crippen LogP contribution in [0.5, 0.6) is 5.75 Å². The Balaban J connectivity index is 1.80. The Hall–Kier alpha value is -8.72. The smallest absolute Gasteiger partial charge is 0.328 e. The van der Waals surface area contributed by atoms with E-state index in [9.17, 15) is 108 Å². The Morgan fingerprint density at radius 2 is 1.05 bits per heavy atom. The quantitative estimate of drug-likeness (QED) is 0.0321. The van der Waals surface area contributed by atoms with Gasteiger partial charge in [-0.3, -0.25) is 62.3 Å². The molecule has 3 fully saturated rings. The zero-order valence-corrected chi connectivity index (χ0v) is 62.9. The molecule has 37 heteroatoms. The predicted octanol–water partition coefficient (Wildman–Crippen LogP) is -5.47. The number of carbonyl (C=O) groups is 14. The summed E-state index contributed by atoms with van der Waals surface area (Å²) in [5.41, 5.74) is 11.5. The first-order valence-corrected chi connectivity index (χ1v) is 37.2. The van der Waals surface area contributed by atoms with Gasteiger partial charge in [0, 0.05) is 25.9 Å². The van der Waals surface area contributed by atoms with Crippen molar-refractivity contribution in [2.75, 3.05) is 26.2 Å². The molecule has 3 aliphatic rings. The van der Waals surface area contributed by atoms with Crippen molar-refractivity contribution in [1.82, 2.24) is 63.0 Å². The molecule has 0 spiro atoms. The third kappa shape index (κ3) is 29.0. The van der Waals surface area contributed by atoms with E-state index in [1.807, 2.05) is 0 Å². The van der Waals surface area contributed by atoms with Crippen LogP contribution in [0.4, 0.5) is 0 Å². The number of nitrogens with zero attached hydrogens (tertiary/aromatic N) is 2. The van der Waals surface area contributed by atoms with Crippen LogP contribution in [0.2, 0.25) is 0 Å². The molecule has 19 atom stereocenters. The first-order chi connectivity index (χ1) is 50.9. The van der Waals surface area contributed by atoms with Crippen molar-refractivity contribution in [2.45, 2.75) is 293 Å². The van der Waals surface area contributed by atoms with E-state index in [1.54, 1.807) is 0 Å². The van der Waals surface area contributed by atoms with Crippen molar-refractivity contribution in [2.24, 2.45) is 17.4 Å². The van der Waals surface area contributed by atoms with Gasteiger partial charge in [-0.1, -0.05) is 97.1 Å². The molecule has 0 radical (unpaired) electrons. The number of phenols is 1. The Morgan fingerprint density at radius 3 is 1.60 bits per heavy atom. The van der Waals surface area contributed by atoms with E-state index in [1.165, 1.54) is 58.4 Å². The van der Waals surface area contributed by atoms with Gasteiger partial charge in [0.15, 0.2) is 0 Å². The van der Waals surface area contributed by atoms with E-state index in [4.69, 9.17) is 16.2 Å². The first-order valence-electron chi connectivity index (χ1n) is 37.2. The van der Waals surface area contributed by atoms with Crippen molar-refractivity contribution in [3.05, 3.63) is 29.8 Å².